The van der Waals surface area contributed by atoms with Gasteiger partial charge in [-0.3, -0.25) is 4.79 Å². The molecule has 0 aliphatic carbocycles. The highest BCUT2D eigenvalue weighted by molar-refractivity contribution is 6.71. The highest BCUT2D eigenvalue weighted by atomic mass is 28.4. The van der Waals surface area contributed by atoms with Crippen LogP contribution in [0.2, 0.25) is 78.6 Å². The second-order valence-electron chi connectivity index (χ2n) is 14.1. The van der Waals surface area contributed by atoms with E-state index in [1.807, 2.05) is 0 Å². The molecule has 6 atom stereocenters. The van der Waals surface area contributed by atoms with Crippen molar-refractivity contribution in [3.05, 3.63) is 0 Å². The summed E-state index contributed by atoms with van der Waals surface area (Å²) >= 11 is 0. The molecule has 0 aromatic rings. The second kappa shape index (κ2) is 13.7. The summed E-state index contributed by atoms with van der Waals surface area (Å²) in [4.78, 5) is 25.7. The van der Waals surface area contributed by atoms with E-state index in [-0.39, 0.29) is 12.3 Å². The maximum atomic E-state index is 13.2. The predicted molar refractivity (Wildman–Crippen MR) is 163 cm³/mol. The molecule has 0 aromatic carbocycles. The largest absolute Gasteiger partial charge is 0.465 e. The first-order valence-corrected chi connectivity index (χ1v) is 27.3. The lowest BCUT2D eigenvalue weighted by Crippen LogP contribution is -2.70. The van der Waals surface area contributed by atoms with E-state index in [2.05, 4.69) is 83.9 Å². The molecule has 1 saturated heterocycles. The number of carbonyl (C=O) groups is 2. The van der Waals surface area contributed by atoms with Gasteiger partial charge in [-0.15, -0.1) is 0 Å². The van der Waals surface area contributed by atoms with Crippen molar-refractivity contribution in [3.8, 4) is 0 Å². The summed E-state index contributed by atoms with van der Waals surface area (Å²) in [6.07, 6.45) is -2.62. The Hall–Kier alpha value is -0.432. The van der Waals surface area contributed by atoms with Gasteiger partial charge in [-0.2, -0.15) is 0 Å². The third-order valence-corrected chi connectivity index (χ3v) is 9.65. The highest BCUT2D eigenvalue weighted by Crippen LogP contribution is 2.38. The van der Waals surface area contributed by atoms with Crippen LogP contribution < -0.4 is 5.32 Å². The minimum Gasteiger partial charge on any atom is -0.465 e. The molecule has 0 spiro atoms. The monoisotopic (exact) mass is 625 g/mol. The van der Waals surface area contributed by atoms with Crippen molar-refractivity contribution in [2.75, 3.05) is 20.8 Å². The molecule has 0 bridgehead atoms. The molecule has 1 rings (SSSR count). The van der Waals surface area contributed by atoms with Crippen LogP contribution in [-0.4, -0.2) is 102 Å². The van der Waals surface area contributed by atoms with Gasteiger partial charge in [0.25, 0.3) is 5.79 Å². The Bertz CT molecular complexity index is 820. The SMILES string of the molecule is COC(=O)C1(OC)CC(O[Si](C)(C)C)C(NC(C)=O)C(C(O[Si](C)(C)C)C(CO[Si](C)(C)C)O[Si](C)(C)C)O1. The molecular weight excluding hydrogens is 571 g/mol. The lowest BCUT2D eigenvalue weighted by molar-refractivity contribution is -0.301. The van der Waals surface area contributed by atoms with Crippen LogP contribution in [0.5, 0.6) is 0 Å². The van der Waals surface area contributed by atoms with Gasteiger partial charge >= 0.3 is 5.97 Å². The third kappa shape index (κ3) is 12.5. The summed E-state index contributed by atoms with van der Waals surface area (Å²) in [5, 5.41) is 3.06. The van der Waals surface area contributed by atoms with Gasteiger partial charge in [-0.25, -0.2) is 4.79 Å². The Morgan fingerprint density at radius 1 is 0.872 bits per heavy atom. The van der Waals surface area contributed by atoms with E-state index >= 15 is 0 Å². The molecule has 1 aliphatic rings. The third-order valence-electron chi connectivity index (χ3n) is 5.62. The minimum absolute atomic E-state index is 0.0481. The molecule has 10 nitrogen and oxygen atoms in total. The number of hydrogen-bond acceptors (Lipinski definition) is 9. The molecule has 39 heavy (non-hydrogen) atoms. The van der Waals surface area contributed by atoms with Crippen LogP contribution in [0.25, 0.3) is 0 Å². The van der Waals surface area contributed by atoms with E-state index in [4.69, 9.17) is 31.9 Å². The topological polar surface area (TPSA) is 111 Å². The van der Waals surface area contributed by atoms with Crippen LogP contribution in [0.15, 0.2) is 0 Å². The first-order valence-electron chi connectivity index (χ1n) is 13.7. The summed E-state index contributed by atoms with van der Waals surface area (Å²) in [5.74, 6) is -2.66. The first kappa shape index (κ1) is 36.6. The quantitative estimate of drug-likeness (QED) is 0.223. The standard InChI is InChI=1S/C25H55NO9Si4/c1-18(27)26-21-19(33-37(7,8)9)16-25(30-3,24(28)29-2)32-23(21)22(35-39(13,14)15)20(34-38(10,11)12)17-31-36(4,5)6/h19-23H,16-17H2,1-15H3,(H,26,27). The maximum absolute atomic E-state index is 13.2. The van der Waals surface area contributed by atoms with E-state index in [1.165, 1.54) is 21.1 Å². The number of carbonyl (C=O) groups excluding carboxylic acids is 2. The van der Waals surface area contributed by atoms with Crippen molar-refractivity contribution in [2.45, 2.75) is 128 Å². The predicted octanol–water partition coefficient (Wildman–Crippen LogP) is 4.31. The zero-order chi connectivity index (χ0) is 30.6. The zero-order valence-corrected chi connectivity index (χ0v) is 31.0. The Morgan fingerprint density at radius 2 is 1.41 bits per heavy atom. The molecule has 1 aliphatic heterocycles. The second-order valence-corrected chi connectivity index (χ2v) is 32.0. The number of ether oxygens (including phenoxy) is 3. The smallest absolute Gasteiger partial charge is 0.366 e. The fourth-order valence-electron chi connectivity index (χ4n) is 4.44. The molecule has 1 N–H and O–H groups in total. The van der Waals surface area contributed by atoms with Crippen LogP contribution in [0.4, 0.5) is 0 Å². The van der Waals surface area contributed by atoms with Gasteiger partial charge in [0.1, 0.15) is 12.2 Å². The van der Waals surface area contributed by atoms with E-state index in [0.717, 1.165) is 0 Å². The van der Waals surface area contributed by atoms with Crippen molar-refractivity contribution >= 4 is 45.1 Å². The lowest BCUT2D eigenvalue weighted by atomic mass is 9.88. The number of methoxy groups -OCH3 is 2. The molecule has 0 aromatic heterocycles. The van der Waals surface area contributed by atoms with Gasteiger partial charge in [0.15, 0.2) is 33.3 Å². The van der Waals surface area contributed by atoms with Gasteiger partial charge in [0, 0.05) is 20.5 Å². The Balaban J connectivity index is 3.87. The number of amides is 1. The Labute approximate surface area is 240 Å². The van der Waals surface area contributed by atoms with Gasteiger partial charge < -0.3 is 37.2 Å². The Kier molecular flexibility index (Phi) is 12.8. The summed E-state index contributed by atoms with van der Waals surface area (Å²) in [6, 6.07) is -0.636. The van der Waals surface area contributed by atoms with Crippen LogP contribution >= 0.6 is 0 Å². The molecule has 14 heteroatoms. The molecule has 230 valence electrons. The molecular formula is C25H55NO9Si4. The van der Waals surface area contributed by atoms with E-state index < -0.39 is 75.5 Å². The summed E-state index contributed by atoms with van der Waals surface area (Å²) < 4.78 is 44.0. The fraction of sp³-hybridized carbons (Fsp3) is 0.920. The normalized spacial score (nSPS) is 26.6. The van der Waals surface area contributed by atoms with Gasteiger partial charge in [0.2, 0.25) is 5.91 Å². The lowest BCUT2D eigenvalue weighted by Gasteiger charge is -2.51. The molecule has 0 saturated carbocycles. The molecule has 1 fully saturated rings. The van der Waals surface area contributed by atoms with Gasteiger partial charge in [-0.1, -0.05) is 0 Å². The zero-order valence-electron chi connectivity index (χ0n) is 27.0. The number of hydrogen-bond donors (Lipinski definition) is 1. The molecule has 1 heterocycles. The van der Waals surface area contributed by atoms with Crippen molar-refractivity contribution in [3.63, 3.8) is 0 Å². The van der Waals surface area contributed by atoms with Crippen LogP contribution in [0, 0.1) is 0 Å². The van der Waals surface area contributed by atoms with Crippen molar-refractivity contribution in [2.24, 2.45) is 0 Å². The number of nitrogens with one attached hydrogen (secondary N) is 1. The van der Waals surface area contributed by atoms with Gasteiger partial charge in [0.05, 0.1) is 32.0 Å². The summed E-state index contributed by atoms with van der Waals surface area (Å²) in [5.41, 5.74) is 0. The highest BCUT2D eigenvalue weighted by Gasteiger charge is 2.58. The van der Waals surface area contributed by atoms with Crippen LogP contribution in [0.3, 0.4) is 0 Å². The number of esters is 1. The molecule has 6 unspecified atom stereocenters. The Morgan fingerprint density at radius 3 is 1.79 bits per heavy atom. The number of rotatable bonds is 14. The van der Waals surface area contributed by atoms with E-state index in [1.54, 1.807) is 0 Å². The van der Waals surface area contributed by atoms with Crippen molar-refractivity contribution in [1.29, 1.82) is 0 Å². The average Bonchev–Trinajstić information content (AvgIpc) is 2.72. The van der Waals surface area contributed by atoms with E-state index in [0.29, 0.717) is 6.61 Å². The maximum Gasteiger partial charge on any atom is 0.366 e. The van der Waals surface area contributed by atoms with Crippen molar-refractivity contribution in [1.82, 2.24) is 5.32 Å². The van der Waals surface area contributed by atoms with Crippen LogP contribution in [0.1, 0.15) is 13.3 Å². The molecule has 1 amide bonds. The van der Waals surface area contributed by atoms with Crippen LogP contribution in [-0.2, 0) is 41.5 Å². The summed E-state index contributed by atoms with van der Waals surface area (Å²) in [6.45, 7) is 26.9. The fourth-order valence-corrected chi connectivity index (χ4v) is 8.46. The van der Waals surface area contributed by atoms with Gasteiger partial charge in [-0.05, 0) is 78.6 Å². The first-order chi connectivity index (χ1) is 17.4. The van der Waals surface area contributed by atoms with E-state index in [9.17, 15) is 9.59 Å². The summed E-state index contributed by atoms with van der Waals surface area (Å²) in [7, 11) is -5.75. The average molecular weight is 626 g/mol. The molecule has 0 radical (unpaired) electrons. The minimum atomic E-state index is -2.24. The van der Waals surface area contributed by atoms with Crippen molar-refractivity contribution < 1.29 is 41.5 Å².